The molecule has 0 bridgehead atoms. The van der Waals surface area contributed by atoms with Crippen molar-refractivity contribution < 1.29 is 9.53 Å². The van der Waals surface area contributed by atoms with Crippen molar-refractivity contribution >= 4 is 22.5 Å². The molecule has 0 N–H and O–H groups in total. The largest absolute Gasteiger partial charge is 0.490 e. The van der Waals surface area contributed by atoms with E-state index in [1.54, 1.807) is 23.1 Å². The lowest BCUT2D eigenvalue weighted by Crippen LogP contribution is -2.41. The first kappa shape index (κ1) is 14.4. The molecule has 6 nitrogen and oxygen atoms in total. The monoisotopic (exact) mass is 321 g/mol. The summed E-state index contributed by atoms with van der Waals surface area (Å²) in [4.78, 5) is 31.1. The number of fused-ring (bicyclic) bond motifs is 2. The van der Waals surface area contributed by atoms with Crippen LogP contribution in [0.25, 0.3) is 10.9 Å². The highest BCUT2D eigenvalue weighted by Crippen LogP contribution is 2.30. The predicted octanol–water partition coefficient (Wildman–Crippen LogP) is 1.82. The van der Waals surface area contributed by atoms with Crippen LogP contribution in [0.5, 0.6) is 5.75 Å². The second-order valence-corrected chi connectivity index (χ2v) is 5.56. The molecule has 0 unspecified atom stereocenters. The van der Waals surface area contributed by atoms with Gasteiger partial charge in [-0.1, -0.05) is 24.3 Å². The van der Waals surface area contributed by atoms with E-state index in [2.05, 4.69) is 4.98 Å². The molecule has 4 rings (SSSR count). The Kier molecular flexibility index (Phi) is 3.49. The maximum absolute atomic E-state index is 12.7. The quantitative estimate of drug-likeness (QED) is 0.722. The van der Waals surface area contributed by atoms with Gasteiger partial charge in [0.1, 0.15) is 18.9 Å². The summed E-state index contributed by atoms with van der Waals surface area (Å²) in [5.74, 6) is 0.519. The van der Waals surface area contributed by atoms with Gasteiger partial charge in [-0.2, -0.15) is 0 Å². The Bertz CT molecular complexity index is 980. The molecule has 1 aromatic heterocycles. The third-order valence-corrected chi connectivity index (χ3v) is 4.07. The second-order valence-electron chi connectivity index (χ2n) is 5.56. The van der Waals surface area contributed by atoms with Crippen molar-refractivity contribution in [2.24, 2.45) is 0 Å². The van der Waals surface area contributed by atoms with Crippen LogP contribution in [0.4, 0.5) is 5.69 Å². The standard InChI is InChI=1S/C18H15N3O3/c22-17(21-9-10-24-16-8-4-3-7-15(16)21)11-20-12-19-14-6-2-1-5-13(14)18(20)23/h1-8,12H,9-11H2. The van der Waals surface area contributed by atoms with E-state index in [0.29, 0.717) is 29.8 Å². The summed E-state index contributed by atoms with van der Waals surface area (Å²) in [6.07, 6.45) is 1.43. The van der Waals surface area contributed by atoms with Crippen molar-refractivity contribution in [3.05, 3.63) is 65.2 Å². The van der Waals surface area contributed by atoms with Crippen LogP contribution in [0.1, 0.15) is 0 Å². The molecule has 1 aliphatic rings. The van der Waals surface area contributed by atoms with Crippen LogP contribution in [0.15, 0.2) is 59.7 Å². The molecular weight excluding hydrogens is 306 g/mol. The van der Waals surface area contributed by atoms with E-state index in [-0.39, 0.29) is 18.0 Å². The number of carbonyl (C=O) groups excluding carboxylic acids is 1. The third kappa shape index (κ3) is 2.42. The van der Waals surface area contributed by atoms with Gasteiger partial charge < -0.3 is 9.64 Å². The van der Waals surface area contributed by atoms with Crippen molar-refractivity contribution in [3.8, 4) is 5.75 Å². The van der Waals surface area contributed by atoms with E-state index >= 15 is 0 Å². The molecule has 0 saturated carbocycles. The van der Waals surface area contributed by atoms with E-state index < -0.39 is 0 Å². The van der Waals surface area contributed by atoms with Crippen molar-refractivity contribution in [3.63, 3.8) is 0 Å². The summed E-state index contributed by atoms with van der Waals surface area (Å²) in [5.41, 5.74) is 1.15. The molecule has 0 saturated heterocycles. The zero-order valence-corrected chi connectivity index (χ0v) is 12.9. The lowest BCUT2D eigenvalue weighted by Gasteiger charge is -2.29. The molecule has 1 amide bonds. The molecule has 0 aliphatic carbocycles. The fraction of sp³-hybridized carbons (Fsp3) is 0.167. The summed E-state index contributed by atoms with van der Waals surface area (Å²) in [5, 5.41) is 0.509. The Hall–Kier alpha value is -3.15. The molecule has 0 atom stereocenters. The van der Waals surface area contributed by atoms with Crippen LogP contribution in [-0.4, -0.2) is 28.6 Å². The Labute approximate surface area is 137 Å². The predicted molar refractivity (Wildman–Crippen MR) is 90.3 cm³/mol. The van der Waals surface area contributed by atoms with Crippen LogP contribution >= 0.6 is 0 Å². The molecule has 0 spiro atoms. The summed E-state index contributed by atoms with van der Waals surface area (Å²) in [7, 11) is 0. The van der Waals surface area contributed by atoms with Gasteiger partial charge in [-0.3, -0.25) is 14.2 Å². The van der Waals surface area contributed by atoms with E-state index in [4.69, 9.17) is 4.74 Å². The van der Waals surface area contributed by atoms with Crippen molar-refractivity contribution in [1.29, 1.82) is 0 Å². The van der Waals surface area contributed by atoms with Crippen molar-refractivity contribution in [2.45, 2.75) is 6.54 Å². The normalized spacial score (nSPS) is 13.4. The summed E-state index contributed by atoms with van der Waals surface area (Å²) >= 11 is 0. The van der Waals surface area contributed by atoms with Gasteiger partial charge in [-0.25, -0.2) is 4.98 Å². The van der Waals surface area contributed by atoms with Crippen LogP contribution in [0.3, 0.4) is 0 Å². The molecule has 120 valence electrons. The first-order valence-electron chi connectivity index (χ1n) is 7.70. The number of para-hydroxylation sites is 3. The second kappa shape index (κ2) is 5.81. The minimum absolute atomic E-state index is 0.0506. The van der Waals surface area contributed by atoms with Crippen LogP contribution < -0.4 is 15.2 Å². The van der Waals surface area contributed by atoms with Gasteiger partial charge in [0.05, 0.1) is 29.5 Å². The van der Waals surface area contributed by atoms with E-state index in [1.807, 2.05) is 30.3 Å². The number of hydrogen-bond acceptors (Lipinski definition) is 4. The van der Waals surface area contributed by atoms with E-state index in [1.165, 1.54) is 10.9 Å². The van der Waals surface area contributed by atoms with Gasteiger partial charge in [0.25, 0.3) is 5.56 Å². The number of nitrogens with zero attached hydrogens (tertiary/aromatic N) is 3. The highest BCUT2D eigenvalue weighted by atomic mass is 16.5. The molecule has 3 aromatic rings. The molecule has 6 heteroatoms. The van der Waals surface area contributed by atoms with Crippen LogP contribution in [-0.2, 0) is 11.3 Å². The van der Waals surface area contributed by atoms with Crippen LogP contribution in [0, 0.1) is 0 Å². The van der Waals surface area contributed by atoms with Crippen molar-refractivity contribution in [1.82, 2.24) is 9.55 Å². The number of benzene rings is 2. The van der Waals surface area contributed by atoms with Gasteiger partial charge in [0.15, 0.2) is 0 Å². The molecule has 0 fully saturated rings. The van der Waals surface area contributed by atoms with Gasteiger partial charge in [-0.15, -0.1) is 0 Å². The zero-order chi connectivity index (χ0) is 16.5. The minimum Gasteiger partial charge on any atom is -0.490 e. The molecule has 1 aliphatic heterocycles. The molecule has 24 heavy (non-hydrogen) atoms. The highest BCUT2D eigenvalue weighted by Gasteiger charge is 2.23. The number of rotatable bonds is 2. The highest BCUT2D eigenvalue weighted by molar-refractivity contribution is 5.95. The number of anilines is 1. The minimum atomic E-state index is -0.213. The zero-order valence-electron chi connectivity index (χ0n) is 12.9. The SMILES string of the molecule is O=C(Cn1cnc2ccccc2c1=O)N1CCOc2ccccc21. The lowest BCUT2D eigenvalue weighted by molar-refractivity contribution is -0.119. The maximum Gasteiger partial charge on any atom is 0.261 e. The first-order valence-corrected chi connectivity index (χ1v) is 7.70. The fourth-order valence-electron chi connectivity index (χ4n) is 2.88. The number of ether oxygens (including phenoxy) is 1. The number of amides is 1. The molecule has 2 aromatic carbocycles. The van der Waals surface area contributed by atoms with E-state index in [9.17, 15) is 9.59 Å². The van der Waals surface area contributed by atoms with Gasteiger partial charge in [0.2, 0.25) is 5.91 Å². The fourth-order valence-corrected chi connectivity index (χ4v) is 2.88. The van der Waals surface area contributed by atoms with Gasteiger partial charge in [0, 0.05) is 0 Å². The van der Waals surface area contributed by atoms with Gasteiger partial charge >= 0.3 is 0 Å². The number of carbonyl (C=O) groups is 1. The molecule has 2 heterocycles. The molecular formula is C18H15N3O3. The number of aromatic nitrogens is 2. The Morgan fingerprint density at radius 3 is 2.83 bits per heavy atom. The first-order chi connectivity index (χ1) is 11.7. The van der Waals surface area contributed by atoms with Gasteiger partial charge in [-0.05, 0) is 24.3 Å². The number of hydrogen-bond donors (Lipinski definition) is 0. The topological polar surface area (TPSA) is 64.4 Å². The summed E-state index contributed by atoms with van der Waals surface area (Å²) in [6, 6.07) is 14.5. The third-order valence-electron chi connectivity index (χ3n) is 4.07. The lowest BCUT2D eigenvalue weighted by atomic mass is 10.2. The summed E-state index contributed by atoms with van der Waals surface area (Å²) < 4.78 is 6.91. The smallest absolute Gasteiger partial charge is 0.261 e. The average Bonchev–Trinajstić information content (AvgIpc) is 2.63. The Morgan fingerprint density at radius 1 is 1.12 bits per heavy atom. The molecule has 0 radical (unpaired) electrons. The summed E-state index contributed by atoms with van der Waals surface area (Å²) in [6.45, 7) is 0.851. The maximum atomic E-state index is 12.7. The Balaban J connectivity index is 1.66. The Morgan fingerprint density at radius 2 is 1.92 bits per heavy atom. The van der Waals surface area contributed by atoms with Crippen LogP contribution in [0.2, 0.25) is 0 Å². The van der Waals surface area contributed by atoms with Crippen molar-refractivity contribution in [2.75, 3.05) is 18.1 Å². The van der Waals surface area contributed by atoms with E-state index in [0.717, 1.165) is 5.69 Å². The average molecular weight is 321 g/mol.